The molecule has 0 spiro atoms. The van der Waals surface area contributed by atoms with Crippen LogP contribution in [0.1, 0.15) is 5.56 Å². The number of hydrogen-bond acceptors (Lipinski definition) is 4. The molecule has 0 bridgehead atoms. The average Bonchev–Trinajstić information content (AvgIpc) is 2.47. The van der Waals surface area contributed by atoms with E-state index in [9.17, 15) is 0 Å². The molecule has 0 fully saturated rings. The number of hydrogen-bond donors (Lipinski definition) is 1. The molecule has 0 aromatic heterocycles. The summed E-state index contributed by atoms with van der Waals surface area (Å²) >= 11 is 3.42. The predicted octanol–water partition coefficient (Wildman–Crippen LogP) is 3.63. The molecule has 0 saturated carbocycles. The van der Waals surface area contributed by atoms with E-state index >= 15 is 0 Å². The highest BCUT2D eigenvalue weighted by atomic mass is 79.9. The quantitative estimate of drug-likeness (QED) is 0.846. The summed E-state index contributed by atoms with van der Waals surface area (Å²) in [5, 5.41) is 0. The van der Waals surface area contributed by atoms with Gasteiger partial charge in [0.15, 0.2) is 0 Å². The predicted molar refractivity (Wildman–Crippen MR) is 82.4 cm³/mol. The lowest BCUT2D eigenvalue weighted by molar-refractivity contribution is 0.296. The number of anilines is 1. The number of benzene rings is 2. The smallest absolute Gasteiger partial charge is 0.142 e. The van der Waals surface area contributed by atoms with Crippen LogP contribution in [-0.2, 0) is 6.61 Å². The van der Waals surface area contributed by atoms with Gasteiger partial charge in [-0.05, 0) is 40.2 Å². The SMILES string of the molecule is COc1cc(COc2ccccc2N)c(OC)cc1Br. The normalized spacial score (nSPS) is 10.2. The Morgan fingerprint density at radius 1 is 1.00 bits per heavy atom. The van der Waals surface area contributed by atoms with E-state index in [2.05, 4.69) is 15.9 Å². The molecule has 0 saturated heterocycles. The van der Waals surface area contributed by atoms with Crippen molar-refractivity contribution in [3.8, 4) is 17.2 Å². The second-order valence-corrected chi connectivity index (χ2v) is 4.98. The largest absolute Gasteiger partial charge is 0.496 e. The van der Waals surface area contributed by atoms with Crippen LogP contribution in [0.25, 0.3) is 0 Å². The highest BCUT2D eigenvalue weighted by molar-refractivity contribution is 9.10. The van der Waals surface area contributed by atoms with Crippen molar-refractivity contribution in [1.82, 2.24) is 0 Å². The van der Waals surface area contributed by atoms with Crippen molar-refractivity contribution in [2.45, 2.75) is 6.61 Å². The summed E-state index contributed by atoms with van der Waals surface area (Å²) < 4.78 is 17.2. The molecule has 0 radical (unpaired) electrons. The Hall–Kier alpha value is -1.88. The number of nitrogens with two attached hydrogens (primary N) is 1. The molecule has 0 atom stereocenters. The van der Waals surface area contributed by atoms with Crippen molar-refractivity contribution < 1.29 is 14.2 Å². The number of methoxy groups -OCH3 is 2. The van der Waals surface area contributed by atoms with Gasteiger partial charge < -0.3 is 19.9 Å². The third kappa shape index (κ3) is 3.17. The van der Waals surface area contributed by atoms with Crippen LogP contribution in [0, 0.1) is 0 Å². The first-order chi connectivity index (χ1) is 9.65. The molecule has 0 unspecified atom stereocenters. The van der Waals surface area contributed by atoms with Crippen LogP contribution in [0.15, 0.2) is 40.9 Å². The van der Waals surface area contributed by atoms with Gasteiger partial charge in [-0.1, -0.05) is 12.1 Å². The first kappa shape index (κ1) is 14.5. The zero-order valence-electron chi connectivity index (χ0n) is 11.4. The van der Waals surface area contributed by atoms with Gasteiger partial charge in [-0.25, -0.2) is 0 Å². The molecule has 106 valence electrons. The van der Waals surface area contributed by atoms with E-state index in [1.165, 1.54) is 0 Å². The summed E-state index contributed by atoms with van der Waals surface area (Å²) in [5.41, 5.74) is 7.34. The van der Waals surface area contributed by atoms with Gasteiger partial charge in [0.25, 0.3) is 0 Å². The van der Waals surface area contributed by atoms with E-state index in [0.717, 1.165) is 21.5 Å². The first-order valence-corrected chi connectivity index (χ1v) is 6.82. The van der Waals surface area contributed by atoms with Crippen molar-refractivity contribution in [3.63, 3.8) is 0 Å². The molecule has 5 heteroatoms. The van der Waals surface area contributed by atoms with Crippen molar-refractivity contribution in [3.05, 3.63) is 46.4 Å². The fourth-order valence-corrected chi connectivity index (χ4v) is 2.29. The molecule has 0 aliphatic carbocycles. The molecule has 0 heterocycles. The zero-order chi connectivity index (χ0) is 14.5. The molecule has 4 nitrogen and oxygen atoms in total. The molecule has 2 aromatic rings. The summed E-state index contributed by atoms with van der Waals surface area (Å²) in [6, 6.07) is 11.1. The topological polar surface area (TPSA) is 53.7 Å². The fourth-order valence-electron chi connectivity index (χ4n) is 1.80. The van der Waals surface area contributed by atoms with Crippen molar-refractivity contribution in [1.29, 1.82) is 0 Å². The second kappa shape index (κ2) is 6.52. The molecule has 2 aromatic carbocycles. The summed E-state index contributed by atoms with van der Waals surface area (Å²) in [6.45, 7) is 0.348. The maximum Gasteiger partial charge on any atom is 0.142 e. The van der Waals surface area contributed by atoms with Crippen LogP contribution in [0.2, 0.25) is 0 Å². The van der Waals surface area contributed by atoms with E-state index in [1.54, 1.807) is 20.3 Å². The minimum Gasteiger partial charge on any atom is -0.496 e. The highest BCUT2D eigenvalue weighted by Crippen LogP contribution is 2.33. The maximum absolute atomic E-state index is 5.85. The molecule has 0 amide bonds. The number of para-hydroxylation sites is 2. The second-order valence-electron chi connectivity index (χ2n) is 4.13. The molecule has 0 aliphatic rings. The van der Waals surface area contributed by atoms with E-state index in [-0.39, 0.29) is 0 Å². The van der Waals surface area contributed by atoms with Gasteiger partial charge in [0.05, 0.1) is 24.4 Å². The fraction of sp³-hybridized carbons (Fsp3) is 0.200. The van der Waals surface area contributed by atoms with Gasteiger partial charge in [-0.15, -0.1) is 0 Å². The van der Waals surface area contributed by atoms with Crippen LogP contribution in [0.4, 0.5) is 5.69 Å². The number of halogens is 1. The molecule has 20 heavy (non-hydrogen) atoms. The van der Waals surface area contributed by atoms with Gasteiger partial charge in [0.1, 0.15) is 23.9 Å². The lowest BCUT2D eigenvalue weighted by Gasteiger charge is -2.14. The van der Waals surface area contributed by atoms with Gasteiger partial charge in [0.2, 0.25) is 0 Å². The minimum absolute atomic E-state index is 0.348. The molecule has 2 N–H and O–H groups in total. The van der Waals surface area contributed by atoms with Crippen LogP contribution in [-0.4, -0.2) is 14.2 Å². The Labute approximate surface area is 126 Å². The Bertz CT molecular complexity index is 602. The van der Waals surface area contributed by atoms with E-state index in [1.807, 2.05) is 30.3 Å². The average molecular weight is 338 g/mol. The Morgan fingerprint density at radius 3 is 2.35 bits per heavy atom. The van der Waals surface area contributed by atoms with E-state index in [0.29, 0.717) is 18.0 Å². The van der Waals surface area contributed by atoms with Gasteiger partial charge in [-0.3, -0.25) is 0 Å². The number of rotatable bonds is 5. The third-order valence-corrected chi connectivity index (χ3v) is 3.48. The summed E-state index contributed by atoms with van der Waals surface area (Å²) in [7, 11) is 3.24. The monoisotopic (exact) mass is 337 g/mol. The lowest BCUT2D eigenvalue weighted by Crippen LogP contribution is -2.01. The van der Waals surface area contributed by atoms with Gasteiger partial charge in [0, 0.05) is 5.56 Å². The summed E-state index contributed by atoms with van der Waals surface area (Å²) in [5.74, 6) is 2.11. The minimum atomic E-state index is 0.348. The van der Waals surface area contributed by atoms with Crippen molar-refractivity contribution in [2.24, 2.45) is 0 Å². The van der Waals surface area contributed by atoms with Crippen molar-refractivity contribution in [2.75, 3.05) is 20.0 Å². The molecular formula is C15H16BrNO3. The Balaban J connectivity index is 2.22. The molecule has 0 aliphatic heterocycles. The maximum atomic E-state index is 5.85. The lowest BCUT2D eigenvalue weighted by atomic mass is 10.2. The third-order valence-electron chi connectivity index (χ3n) is 2.86. The molecule has 2 rings (SSSR count). The summed E-state index contributed by atoms with van der Waals surface area (Å²) in [6.07, 6.45) is 0. The Kier molecular flexibility index (Phi) is 4.74. The standard InChI is InChI=1S/C15H16BrNO3/c1-18-14-8-11(16)15(19-2)7-10(14)9-20-13-6-4-3-5-12(13)17/h3-8H,9,17H2,1-2H3. The van der Waals surface area contributed by atoms with Crippen LogP contribution in [0.5, 0.6) is 17.2 Å². The van der Waals surface area contributed by atoms with Crippen molar-refractivity contribution >= 4 is 21.6 Å². The van der Waals surface area contributed by atoms with E-state index < -0.39 is 0 Å². The number of ether oxygens (including phenoxy) is 3. The van der Waals surface area contributed by atoms with Crippen LogP contribution < -0.4 is 19.9 Å². The number of nitrogen functional groups attached to an aromatic ring is 1. The zero-order valence-corrected chi connectivity index (χ0v) is 12.9. The van der Waals surface area contributed by atoms with E-state index in [4.69, 9.17) is 19.9 Å². The van der Waals surface area contributed by atoms with Crippen LogP contribution in [0.3, 0.4) is 0 Å². The molecular weight excluding hydrogens is 322 g/mol. The first-order valence-electron chi connectivity index (χ1n) is 6.03. The Morgan fingerprint density at radius 2 is 1.70 bits per heavy atom. The van der Waals surface area contributed by atoms with Crippen LogP contribution >= 0.6 is 15.9 Å². The summed E-state index contributed by atoms with van der Waals surface area (Å²) in [4.78, 5) is 0. The van der Waals surface area contributed by atoms with Gasteiger partial charge in [-0.2, -0.15) is 0 Å². The highest BCUT2D eigenvalue weighted by Gasteiger charge is 2.10. The van der Waals surface area contributed by atoms with Gasteiger partial charge >= 0.3 is 0 Å².